The Morgan fingerprint density at radius 2 is 2.31 bits per heavy atom. The van der Waals surface area contributed by atoms with Crippen LogP contribution in [0.5, 0.6) is 5.75 Å². The van der Waals surface area contributed by atoms with Gasteiger partial charge in [-0.05, 0) is 19.1 Å². The molecule has 0 saturated heterocycles. The molecule has 4 heteroatoms. The minimum absolute atomic E-state index is 0.123. The average Bonchev–Trinajstić information content (AvgIpc) is 2.27. The van der Waals surface area contributed by atoms with E-state index in [9.17, 15) is 0 Å². The third kappa shape index (κ3) is 1.70. The summed E-state index contributed by atoms with van der Waals surface area (Å²) in [4.78, 5) is 2.10. The molecule has 0 bridgehead atoms. The number of hydrogen-bond acceptors (Lipinski definition) is 3. The van der Waals surface area contributed by atoms with Crippen molar-refractivity contribution in [3.8, 4) is 11.8 Å². The van der Waals surface area contributed by atoms with Gasteiger partial charge < -0.3 is 9.64 Å². The normalized spacial score (nSPS) is 23.2. The highest BCUT2D eigenvalue weighted by atomic mass is 35.5. The molecule has 2 rings (SSSR count). The number of para-hydroxylation sites is 1. The first kappa shape index (κ1) is 11.1. The van der Waals surface area contributed by atoms with Gasteiger partial charge in [-0.3, -0.25) is 0 Å². The zero-order valence-electron chi connectivity index (χ0n) is 9.27. The second-order valence-electron chi connectivity index (χ2n) is 3.96. The van der Waals surface area contributed by atoms with Crippen LogP contribution in [0.2, 0.25) is 5.02 Å². The summed E-state index contributed by atoms with van der Waals surface area (Å²) in [6.07, 6.45) is 0.248. The summed E-state index contributed by atoms with van der Waals surface area (Å²) in [5, 5.41) is 9.35. The van der Waals surface area contributed by atoms with Gasteiger partial charge in [0.2, 0.25) is 0 Å². The van der Waals surface area contributed by atoms with Gasteiger partial charge in [0.1, 0.15) is 6.10 Å². The van der Waals surface area contributed by atoms with Gasteiger partial charge in [-0.2, -0.15) is 5.26 Å². The highest BCUT2D eigenvalue weighted by molar-refractivity contribution is 6.32. The first-order chi connectivity index (χ1) is 7.65. The van der Waals surface area contributed by atoms with E-state index in [4.69, 9.17) is 21.6 Å². The van der Waals surface area contributed by atoms with Crippen molar-refractivity contribution >= 4 is 17.3 Å². The maximum atomic E-state index is 8.76. The summed E-state index contributed by atoms with van der Waals surface area (Å²) >= 11 is 6.09. The van der Waals surface area contributed by atoms with Gasteiger partial charge in [-0.15, -0.1) is 0 Å². The molecule has 1 aromatic carbocycles. The number of benzene rings is 1. The van der Waals surface area contributed by atoms with Crippen LogP contribution in [0.25, 0.3) is 0 Å². The fraction of sp³-hybridized carbons (Fsp3) is 0.417. The minimum atomic E-state index is -0.123. The zero-order valence-corrected chi connectivity index (χ0v) is 10.0. The van der Waals surface area contributed by atoms with Gasteiger partial charge >= 0.3 is 0 Å². The quantitative estimate of drug-likeness (QED) is 0.752. The van der Waals surface area contributed by atoms with Crippen LogP contribution in [0.1, 0.15) is 13.3 Å². The maximum absolute atomic E-state index is 8.76. The molecule has 84 valence electrons. The lowest BCUT2D eigenvalue weighted by Gasteiger charge is -2.39. The van der Waals surface area contributed by atoms with Crippen molar-refractivity contribution in [2.24, 2.45) is 0 Å². The highest BCUT2D eigenvalue weighted by Crippen LogP contribution is 2.40. The van der Waals surface area contributed by atoms with Crippen molar-refractivity contribution < 1.29 is 4.74 Å². The Morgan fingerprint density at radius 1 is 1.56 bits per heavy atom. The second-order valence-corrected chi connectivity index (χ2v) is 4.37. The van der Waals surface area contributed by atoms with E-state index >= 15 is 0 Å². The minimum Gasteiger partial charge on any atom is -0.483 e. The van der Waals surface area contributed by atoms with Gasteiger partial charge in [-0.25, -0.2) is 0 Å². The van der Waals surface area contributed by atoms with Crippen molar-refractivity contribution in [1.82, 2.24) is 0 Å². The smallest absolute Gasteiger partial charge is 0.161 e. The van der Waals surface area contributed by atoms with Crippen molar-refractivity contribution in [3.05, 3.63) is 23.2 Å². The van der Waals surface area contributed by atoms with E-state index in [-0.39, 0.29) is 12.1 Å². The van der Waals surface area contributed by atoms with E-state index in [1.54, 1.807) is 6.07 Å². The molecule has 1 aliphatic heterocycles. The van der Waals surface area contributed by atoms with Gasteiger partial charge in [0, 0.05) is 7.05 Å². The van der Waals surface area contributed by atoms with Gasteiger partial charge in [0.25, 0.3) is 0 Å². The lowest BCUT2D eigenvalue weighted by molar-refractivity contribution is 0.165. The molecule has 0 spiro atoms. The summed E-state index contributed by atoms with van der Waals surface area (Å²) in [6.45, 7) is 2.05. The molecule has 0 aliphatic carbocycles. The van der Waals surface area contributed by atoms with Gasteiger partial charge in [0.05, 0.1) is 29.2 Å². The summed E-state index contributed by atoms with van der Waals surface area (Å²) in [5.74, 6) is 0.685. The molecule has 2 atom stereocenters. The summed E-state index contributed by atoms with van der Waals surface area (Å²) in [7, 11) is 1.99. The molecule has 0 radical (unpaired) electrons. The Morgan fingerprint density at radius 3 is 3.00 bits per heavy atom. The van der Waals surface area contributed by atoms with Crippen molar-refractivity contribution in [3.63, 3.8) is 0 Å². The Kier molecular flexibility index (Phi) is 2.93. The number of ether oxygens (including phenoxy) is 1. The second kappa shape index (κ2) is 4.23. The van der Waals surface area contributed by atoms with E-state index in [2.05, 4.69) is 11.0 Å². The Hall–Kier alpha value is -1.40. The Balaban J connectivity index is 2.41. The number of nitrogens with zero attached hydrogens (tertiary/aromatic N) is 2. The molecular formula is C12H13ClN2O. The van der Waals surface area contributed by atoms with Crippen LogP contribution in [0.15, 0.2) is 18.2 Å². The van der Waals surface area contributed by atoms with Crippen LogP contribution in [0.4, 0.5) is 5.69 Å². The molecule has 0 N–H and O–H groups in total. The fourth-order valence-electron chi connectivity index (χ4n) is 1.91. The molecule has 0 fully saturated rings. The van der Waals surface area contributed by atoms with Crippen LogP contribution in [0, 0.1) is 11.3 Å². The van der Waals surface area contributed by atoms with Crippen LogP contribution < -0.4 is 9.64 Å². The SMILES string of the molecule is CC1C(CC#N)Oc2c(Cl)cccc2N1C. The molecule has 3 nitrogen and oxygen atoms in total. The number of anilines is 1. The van der Waals surface area contributed by atoms with E-state index in [0.29, 0.717) is 17.2 Å². The largest absolute Gasteiger partial charge is 0.483 e. The molecule has 2 unspecified atom stereocenters. The van der Waals surface area contributed by atoms with Crippen LogP contribution >= 0.6 is 11.6 Å². The standard InChI is InChI=1S/C12H13ClN2O/c1-8-11(6-7-14)16-12-9(13)4-3-5-10(12)15(8)2/h3-5,8,11H,6H2,1-2H3. The predicted octanol–water partition coefficient (Wildman–Crippen LogP) is 2.84. The third-order valence-electron chi connectivity index (χ3n) is 3.04. The first-order valence-corrected chi connectivity index (χ1v) is 5.58. The monoisotopic (exact) mass is 236 g/mol. The lowest BCUT2D eigenvalue weighted by Crippen LogP contribution is -2.45. The Labute approximate surface area is 100 Å². The van der Waals surface area contributed by atoms with Gasteiger partial charge in [-0.1, -0.05) is 17.7 Å². The average molecular weight is 237 g/mol. The molecule has 0 saturated carbocycles. The van der Waals surface area contributed by atoms with Crippen LogP contribution in [-0.4, -0.2) is 19.2 Å². The Bertz CT molecular complexity index is 441. The van der Waals surface area contributed by atoms with Crippen molar-refractivity contribution in [2.45, 2.75) is 25.5 Å². The number of hydrogen-bond donors (Lipinski definition) is 0. The molecule has 1 aromatic rings. The van der Waals surface area contributed by atoms with Gasteiger partial charge in [0.15, 0.2) is 5.75 Å². The highest BCUT2D eigenvalue weighted by Gasteiger charge is 2.31. The number of nitriles is 1. The fourth-order valence-corrected chi connectivity index (χ4v) is 2.13. The van der Waals surface area contributed by atoms with Crippen molar-refractivity contribution in [1.29, 1.82) is 5.26 Å². The molecule has 0 amide bonds. The zero-order chi connectivity index (χ0) is 11.7. The summed E-state index contributed by atoms with van der Waals surface area (Å²) < 4.78 is 5.79. The number of rotatable bonds is 1. The topological polar surface area (TPSA) is 36.3 Å². The van der Waals surface area contributed by atoms with Crippen LogP contribution in [0.3, 0.4) is 0 Å². The molecule has 1 aliphatic rings. The molecule has 1 heterocycles. The van der Waals surface area contributed by atoms with E-state index in [1.807, 2.05) is 26.1 Å². The third-order valence-corrected chi connectivity index (χ3v) is 3.33. The summed E-state index contributed by atoms with van der Waals surface area (Å²) in [5.41, 5.74) is 0.981. The number of likely N-dealkylation sites (N-methyl/N-ethyl adjacent to an activating group) is 1. The lowest BCUT2D eigenvalue weighted by atomic mass is 10.1. The molecule has 16 heavy (non-hydrogen) atoms. The maximum Gasteiger partial charge on any atom is 0.161 e. The first-order valence-electron chi connectivity index (χ1n) is 5.20. The molecular weight excluding hydrogens is 224 g/mol. The number of fused-ring (bicyclic) bond motifs is 1. The van der Waals surface area contributed by atoms with E-state index < -0.39 is 0 Å². The number of halogens is 1. The predicted molar refractivity (Wildman–Crippen MR) is 64.0 cm³/mol. The van der Waals surface area contributed by atoms with Crippen LogP contribution in [-0.2, 0) is 0 Å². The van der Waals surface area contributed by atoms with E-state index in [0.717, 1.165) is 5.69 Å². The van der Waals surface area contributed by atoms with E-state index in [1.165, 1.54) is 0 Å². The molecule has 0 aromatic heterocycles. The summed E-state index contributed by atoms with van der Waals surface area (Å²) in [6, 6.07) is 7.99. The van der Waals surface area contributed by atoms with Crippen molar-refractivity contribution in [2.75, 3.05) is 11.9 Å².